The van der Waals surface area contributed by atoms with Crippen LogP contribution in [0.25, 0.3) is 0 Å². The number of carboxylic acid groups (broad SMARTS) is 1. The molecular formula is C12H14BrNO3. The second-order valence-electron chi connectivity index (χ2n) is 3.81. The predicted octanol–water partition coefficient (Wildman–Crippen LogP) is 2.04. The lowest BCUT2D eigenvalue weighted by Crippen LogP contribution is -2.28. The maximum atomic E-state index is 11.8. The summed E-state index contributed by atoms with van der Waals surface area (Å²) in [6, 6.07) is 7.11. The maximum absolute atomic E-state index is 11.8. The van der Waals surface area contributed by atoms with E-state index in [4.69, 9.17) is 5.11 Å². The third kappa shape index (κ3) is 5.10. The van der Waals surface area contributed by atoms with Gasteiger partial charge in [0.25, 0.3) is 0 Å². The molecule has 0 spiro atoms. The molecule has 0 aliphatic heterocycles. The molecule has 1 aromatic carbocycles. The van der Waals surface area contributed by atoms with Crippen LogP contribution in [0.1, 0.15) is 16.8 Å². The van der Waals surface area contributed by atoms with E-state index >= 15 is 0 Å². The molecule has 0 bridgehead atoms. The fraction of sp³-hybridized carbons (Fsp3) is 0.333. The van der Waals surface area contributed by atoms with Gasteiger partial charge in [-0.25, -0.2) is 0 Å². The molecule has 0 saturated heterocycles. The van der Waals surface area contributed by atoms with Gasteiger partial charge in [0.2, 0.25) is 0 Å². The second-order valence-corrected chi connectivity index (χ2v) is 4.73. The Bertz CT molecular complexity index is 403. The highest BCUT2D eigenvalue weighted by atomic mass is 79.9. The molecule has 0 heterocycles. The molecule has 0 atom stereocenters. The highest BCUT2D eigenvalue weighted by Gasteiger charge is 2.10. The molecule has 0 amide bonds. The van der Waals surface area contributed by atoms with Gasteiger partial charge >= 0.3 is 5.97 Å². The summed E-state index contributed by atoms with van der Waals surface area (Å²) in [5, 5.41) is 8.53. The first-order valence-electron chi connectivity index (χ1n) is 5.18. The van der Waals surface area contributed by atoms with Gasteiger partial charge in [-0.2, -0.15) is 0 Å². The number of rotatable bonds is 6. The van der Waals surface area contributed by atoms with Crippen LogP contribution in [-0.4, -0.2) is 41.9 Å². The van der Waals surface area contributed by atoms with Gasteiger partial charge in [0.1, 0.15) is 0 Å². The Morgan fingerprint density at radius 3 is 2.41 bits per heavy atom. The summed E-state index contributed by atoms with van der Waals surface area (Å²) in [5.74, 6) is -0.863. The van der Waals surface area contributed by atoms with Gasteiger partial charge in [-0.15, -0.1) is 0 Å². The number of carbonyl (C=O) groups excluding carboxylic acids is 1. The summed E-state index contributed by atoms with van der Waals surface area (Å²) in [6.07, 6.45) is 0.0458. The Kier molecular flexibility index (Phi) is 5.31. The van der Waals surface area contributed by atoms with Crippen LogP contribution in [0.2, 0.25) is 0 Å². The van der Waals surface area contributed by atoms with Crippen molar-refractivity contribution in [2.45, 2.75) is 6.42 Å². The van der Waals surface area contributed by atoms with Crippen molar-refractivity contribution in [1.82, 2.24) is 4.90 Å². The van der Waals surface area contributed by atoms with E-state index in [1.54, 1.807) is 24.1 Å². The molecule has 0 radical (unpaired) electrons. The first-order chi connectivity index (χ1) is 7.99. The van der Waals surface area contributed by atoms with E-state index in [-0.39, 0.29) is 18.7 Å². The van der Waals surface area contributed by atoms with E-state index in [1.807, 2.05) is 12.1 Å². The molecule has 1 N–H and O–H groups in total. The average Bonchev–Trinajstić information content (AvgIpc) is 2.27. The minimum absolute atomic E-state index is 0.00890. The Hall–Kier alpha value is -1.20. The molecule has 0 aromatic heterocycles. The summed E-state index contributed by atoms with van der Waals surface area (Å²) in [7, 11) is 1.74. The van der Waals surface area contributed by atoms with Gasteiger partial charge in [0, 0.05) is 16.6 Å². The summed E-state index contributed by atoms with van der Waals surface area (Å²) in [4.78, 5) is 23.9. The van der Waals surface area contributed by atoms with Crippen LogP contribution in [0.4, 0.5) is 0 Å². The van der Waals surface area contributed by atoms with E-state index in [9.17, 15) is 9.59 Å². The third-order valence-electron chi connectivity index (χ3n) is 2.29. The highest BCUT2D eigenvalue weighted by molar-refractivity contribution is 9.10. The van der Waals surface area contributed by atoms with Gasteiger partial charge in [0.15, 0.2) is 5.78 Å². The zero-order valence-corrected chi connectivity index (χ0v) is 11.1. The summed E-state index contributed by atoms with van der Waals surface area (Å²) >= 11 is 3.30. The molecule has 4 nitrogen and oxygen atoms in total. The zero-order valence-electron chi connectivity index (χ0n) is 9.52. The van der Waals surface area contributed by atoms with Crippen LogP contribution < -0.4 is 0 Å². The maximum Gasteiger partial charge on any atom is 0.304 e. The van der Waals surface area contributed by atoms with Crippen molar-refractivity contribution < 1.29 is 14.7 Å². The van der Waals surface area contributed by atoms with Crippen molar-refractivity contribution in [3.05, 3.63) is 34.3 Å². The van der Waals surface area contributed by atoms with Crippen molar-refractivity contribution in [1.29, 1.82) is 0 Å². The van der Waals surface area contributed by atoms with Crippen LogP contribution in [0.5, 0.6) is 0 Å². The number of halogens is 1. The number of hydrogen-bond donors (Lipinski definition) is 1. The zero-order chi connectivity index (χ0) is 12.8. The fourth-order valence-corrected chi connectivity index (χ4v) is 1.60. The molecule has 92 valence electrons. The number of likely N-dealkylation sites (N-methyl/N-ethyl adjacent to an activating group) is 1. The summed E-state index contributed by atoms with van der Waals surface area (Å²) in [6.45, 7) is 0.604. The lowest BCUT2D eigenvalue weighted by atomic mass is 10.1. The van der Waals surface area contributed by atoms with Crippen LogP contribution in [0, 0.1) is 0 Å². The van der Waals surface area contributed by atoms with Crippen molar-refractivity contribution in [2.24, 2.45) is 0 Å². The lowest BCUT2D eigenvalue weighted by molar-refractivity contribution is -0.137. The third-order valence-corrected chi connectivity index (χ3v) is 2.82. The number of benzene rings is 1. The van der Waals surface area contributed by atoms with Crippen LogP contribution in [-0.2, 0) is 4.79 Å². The monoisotopic (exact) mass is 299 g/mol. The SMILES string of the molecule is CN(CCC(=O)O)CC(=O)c1ccc(Br)cc1. The van der Waals surface area contributed by atoms with Gasteiger partial charge in [-0.05, 0) is 19.2 Å². The molecular weight excluding hydrogens is 286 g/mol. The number of hydrogen-bond acceptors (Lipinski definition) is 3. The van der Waals surface area contributed by atoms with Crippen molar-refractivity contribution >= 4 is 27.7 Å². The minimum atomic E-state index is -0.854. The molecule has 0 unspecified atom stereocenters. The number of carbonyl (C=O) groups is 2. The minimum Gasteiger partial charge on any atom is -0.481 e. The number of Topliss-reactive ketones (excluding diaryl/α,β-unsaturated/α-hetero) is 1. The molecule has 0 aliphatic rings. The molecule has 0 aliphatic carbocycles. The van der Waals surface area contributed by atoms with E-state index in [2.05, 4.69) is 15.9 Å². The Labute approximate surface area is 108 Å². The number of ketones is 1. The molecule has 1 aromatic rings. The van der Waals surface area contributed by atoms with E-state index in [0.29, 0.717) is 12.1 Å². The van der Waals surface area contributed by atoms with Crippen LogP contribution in [0.3, 0.4) is 0 Å². The van der Waals surface area contributed by atoms with Crippen molar-refractivity contribution in [3.8, 4) is 0 Å². The number of nitrogens with zero attached hydrogens (tertiary/aromatic N) is 1. The molecule has 17 heavy (non-hydrogen) atoms. The molecule has 1 rings (SSSR count). The highest BCUT2D eigenvalue weighted by Crippen LogP contribution is 2.11. The topological polar surface area (TPSA) is 57.6 Å². The smallest absolute Gasteiger partial charge is 0.304 e. The first kappa shape index (κ1) is 13.9. The van der Waals surface area contributed by atoms with Gasteiger partial charge in [0.05, 0.1) is 13.0 Å². The van der Waals surface area contributed by atoms with E-state index < -0.39 is 5.97 Å². The Morgan fingerprint density at radius 2 is 1.88 bits per heavy atom. The fourth-order valence-electron chi connectivity index (χ4n) is 1.34. The van der Waals surface area contributed by atoms with Crippen LogP contribution in [0.15, 0.2) is 28.7 Å². The normalized spacial score (nSPS) is 10.5. The lowest BCUT2D eigenvalue weighted by Gasteiger charge is -2.14. The van der Waals surface area contributed by atoms with E-state index in [1.165, 1.54) is 0 Å². The number of aliphatic carboxylic acids is 1. The second kappa shape index (κ2) is 6.51. The summed E-state index contributed by atoms with van der Waals surface area (Å²) in [5.41, 5.74) is 0.635. The van der Waals surface area contributed by atoms with Gasteiger partial charge < -0.3 is 5.11 Å². The quantitative estimate of drug-likeness (QED) is 0.817. The summed E-state index contributed by atoms with van der Waals surface area (Å²) < 4.78 is 0.924. The van der Waals surface area contributed by atoms with Crippen molar-refractivity contribution in [2.75, 3.05) is 20.1 Å². The van der Waals surface area contributed by atoms with E-state index in [0.717, 1.165) is 4.47 Å². The molecule has 0 saturated carbocycles. The number of carboxylic acids is 1. The van der Waals surface area contributed by atoms with Gasteiger partial charge in [-0.1, -0.05) is 28.1 Å². The average molecular weight is 300 g/mol. The Morgan fingerprint density at radius 1 is 1.29 bits per heavy atom. The Balaban J connectivity index is 2.48. The van der Waals surface area contributed by atoms with Crippen molar-refractivity contribution in [3.63, 3.8) is 0 Å². The molecule has 5 heteroatoms. The van der Waals surface area contributed by atoms with Gasteiger partial charge in [-0.3, -0.25) is 14.5 Å². The standard InChI is InChI=1S/C12H14BrNO3/c1-14(7-6-12(16)17)8-11(15)9-2-4-10(13)5-3-9/h2-5H,6-8H2,1H3,(H,16,17). The molecule has 0 fully saturated rings. The predicted molar refractivity (Wildman–Crippen MR) is 68.2 cm³/mol. The first-order valence-corrected chi connectivity index (χ1v) is 5.97. The largest absolute Gasteiger partial charge is 0.481 e. The van der Waals surface area contributed by atoms with Crippen LogP contribution >= 0.6 is 15.9 Å².